The van der Waals surface area contributed by atoms with Crippen LogP contribution in [0, 0.1) is 5.82 Å². The summed E-state index contributed by atoms with van der Waals surface area (Å²) in [6.45, 7) is 0.506. The Bertz CT molecular complexity index is 717. The first-order valence-electron chi connectivity index (χ1n) is 6.66. The lowest BCUT2D eigenvalue weighted by atomic mass is 10.00. The molecule has 0 bridgehead atoms. The normalized spacial score (nSPS) is 13.9. The van der Waals surface area contributed by atoms with E-state index < -0.39 is 5.82 Å². The predicted octanol–water partition coefficient (Wildman–Crippen LogP) is 3.89. The van der Waals surface area contributed by atoms with Crippen molar-refractivity contribution in [3.8, 4) is 5.75 Å². The molecular formula is C16H13BrFNO2. The van der Waals surface area contributed by atoms with Gasteiger partial charge in [-0.25, -0.2) is 4.39 Å². The van der Waals surface area contributed by atoms with E-state index in [1.165, 1.54) is 17.0 Å². The van der Waals surface area contributed by atoms with Crippen LogP contribution >= 0.6 is 15.9 Å². The van der Waals surface area contributed by atoms with Gasteiger partial charge in [-0.2, -0.15) is 0 Å². The number of anilines is 1. The molecule has 108 valence electrons. The average Bonchev–Trinajstić information content (AvgIpc) is 2.49. The lowest BCUT2D eigenvalue weighted by Crippen LogP contribution is -2.35. The summed E-state index contributed by atoms with van der Waals surface area (Å²) in [6, 6.07) is 9.59. The van der Waals surface area contributed by atoms with Gasteiger partial charge in [0.2, 0.25) is 0 Å². The Kier molecular flexibility index (Phi) is 3.68. The number of fused-ring (bicyclic) bond motifs is 1. The number of halogens is 2. The molecule has 2 aromatic carbocycles. The Morgan fingerprint density at radius 2 is 2.00 bits per heavy atom. The number of aryl methyl sites for hydroxylation is 1. The fourth-order valence-electron chi connectivity index (χ4n) is 2.65. The van der Waals surface area contributed by atoms with Crippen LogP contribution in [-0.2, 0) is 6.42 Å². The fraction of sp³-hybridized carbons (Fsp3) is 0.188. The molecule has 5 heteroatoms. The Morgan fingerprint density at radius 1 is 1.24 bits per heavy atom. The molecule has 0 saturated heterocycles. The molecule has 0 aliphatic carbocycles. The van der Waals surface area contributed by atoms with Crippen LogP contribution in [0.25, 0.3) is 0 Å². The van der Waals surface area contributed by atoms with Crippen molar-refractivity contribution in [2.75, 3.05) is 11.4 Å². The molecule has 1 N–H and O–H groups in total. The van der Waals surface area contributed by atoms with Crippen molar-refractivity contribution >= 4 is 27.5 Å². The monoisotopic (exact) mass is 349 g/mol. The molecule has 2 aromatic rings. The summed E-state index contributed by atoms with van der Waals surface area (Å²) in [5, 5.41) is 10.1. The number of phenols is 1. The second kappa shape index (κ2) is 5.48. The number of hydrogen-bond acceptors (Lipinski definition) is 2. The van der Waals surface area contributed by atoms with E-state index in [0.29, 0.717) is 12.2 Å². The van der Waals surface area contributed by atoms with Crippen molar-refractivity contribution in [1.29, 1.82) is 0 Å². The van der Waals surface area contributed by atoms with E-state index in [1.807, 2.05) is 6.07 Å². The highest BCUT2D eigenvalue weighted by molar-refractivity contribution is 9.10. The highest BCUT2D eigenvalue weighted by atomic mass is 79.9. The topological polar surface area (TPSA) is 40.5 Å². The van der Waals surface area contributed by atoms with E-state index in [-0.39, 0.29) is 21.7 Å². The smallest absolute Gasteiger partial charge is 0.259 e. The molecule has 3 nitrogen and oxygen atoms in total. The first-order chi connectivity index (χ1) is 10.1. The third kappa shape index (κ3) is 2.42. The fourth-order valence-corrected chi connectivity index (χ4v) is 3.08. The lowest BCUT2D eigenvalue weighted by Gasteiger charge is -2.30. The van der Waals surface area contributed by atoms with Gasteiger partial charge in [0.15, 0.2) is 0 Å². The summed E-state index contributed by atoms with van der Waals surface area (Å²) in [5.41, 5.74) is 1.72. The van der Waals surface area contributed by atoms with Gasteiger partial charge in [0.05, 0.1) is 15.7 Å². The first-order valence-corrected chi connectivity index (χ1v) is 7.45. The first kappa shape index (κ1) is 14.1. The van der Waals surface area contributed by atoms with Gasteiger partial charge in [-0.1, -0.05) is 18.2 Å². The third-order valence-corrected chi connectivity index (χ3v) is 4.43. The van der Waals surface area contributed by atoms with Crippen LogP contribution in [0.4, 0.5) is 10.1 Å². The van der Waals surface area contributed by atoms with Gasteiger partial charge >= 0.3 is 0 Å². The van der Waals surface area contributed by atoms with Crippen molar-refractivity contribution in [3.63, 3.8) is 0 Å². The van der Waals surface area contributed by atoms with Crippen LogP contribution in [0.15, 0.2) is 40.9 Å². The molecule has 0 fully saturated rings. The second-order valence-corrected chi connectivity index (χ2v) is 5.74. The molecule has 0 atom stereocenters. The van der Waals surface area contributed by atoms with Crippen LogP contribution in [0.1, 0.15) is 22.3 Å². The minimum atomic E-state index is -0.477. The van der Waals surface area contributed by atoms with Crippen molar-refractivity contribution in [3.05, 3.63) is 57.8 Å². The highest BCUT2D eigenvalue weighted by Gasteiger charge is 2.27. The predicted molar refractivity (Wildman–Crippen MR) is 82.2 cm³/mol. The van der Waals surface area contributed by atoms with Crippen molar-refractivity contribution in [1.82, 2.24) is 0 Å². The van der Waals surface area contributed by atoms with Crippen LogP contribution in [0.2, 0.25) is 0 Å². The Balaban J connectivity index is 2.07. The maximum Gasteiger partial charge on any atom is 0.259 e. The number of rotatable bonds is 1. The van der Waals surface area contributed by atoms with Crippen molar-refractivity contribution < 1.29 is 14.3 Å². The van der Waals surface area contributed by atoms with Gasteiger partial charge in [-0.15, -0.1) is 0 Å². The molecule has 0 saturated carbocycles. The number of carbonyl (C=O) groups is 1. The summed E-state index contributed by atoms with van der Waals surface area (Å²) in [7, 11) is 0. The number of aromatic hydroxyl groups is 1. The Hall–Kier alpha value is -1.88. The van der Waals surface area contributed by atoms with Gasteiger partial charge < -0.3 is 10.0 Å². The number of para-hydroxylation sites is 1. The number of hydrogen-bond donors (Lipinski definition) is 1. The zero-order chi connectivity index (χ0) is 15.0. The van der Waals surface area contributed by atoms with Gasteiger partial charge in [0, 0.05) is 6.54 Å². The molecule has 21 heavy (non-hydrogen) atoms. The number of nitrogens with zero attached hydrogens (tertiary/aromatic N) is 1. The van der Waals surface area contributed by atoms with Gasteiger partial charge in [0.1, 0.15) is 11.6 Å². The van der Waals surface area contributed by atoms with Crippen molar-refractivity contribution in [2.24, 2.45) is 0 Å². The molecule has 0 aromatic heterocycles. The number of benzene rings is 2. The molecule has 1 aliphatic heterocycles. The van der Waals surface area contributed by atoms with Gasteiger partial charge in [-0.3, -0.25) is 4.79 Å². The van der Waals surface area contributed by atoms with Crippen LogP contribution in [-0.4, -0.2) is 17.6 Å². The van der Waals surface area contributed by atoms with Crippen LogP contribution in [0.5, 0.6) is 5.75 Å². The summed E-state index contributed by atoms with van der Waals surface area (Å²) >= 11 is 3.12. The van der Waals surface area contributed by atoms with Crippen LogP contribution in [0.3, 0.4) is 0 Å². The van der Waals surface area contributed by atoms with Crippen LogP contribution < -0.4 is 4.90 Å². The maximum absolute atomic E-state index is 13.6. The molecule has 0 unspecified atom stereocenters. The zero-order valence-electron chi connectivity index (χ0n) is 11.1. The molecule has 0 radical (unpaired) electrons. The van der Waals surface area contributed by atoms with Crippen molar-refractivity contribution in [2.45, 2.75) is 12.8 Å². The van der Waals surface area contributed by atoms with E-state index >= 15 is 0 Å². The Morgan fingerprint density at radius 3 is 2.81 bits per heavy atom. The minimum Gasteiger partial charge on any atom is -0.506 e. The molecule has 1 aliphatic rings. The quantitative estimate of drug-likeness (QED) is 0.848. The molecular weight excluding hydrogens is 337 g/mol. The molecule has 1 amide bonds. The summed E-state index contributed by atoms with van der Waals surface area (Å²) in [4.78, 5) is 14.2. The second-order valence-electron chi connectivity index (χ2n) is 4.95. The lowest BCUT2D eigenvalue weighted by molar-refractivity contribution is 0.0983. The van der Waals surface area contributed by atoms with Gasteiger partial charge in [0.25, 0.3) is 5.91 Å². The summed E-state index contributed by atoms with van der Waals surface area (Å²) < 4.78 is 13.8. The van der Waals surface area contributed by atoms with Gasteiger partial charge in [-0.05, 0) is 52.5 Å². The van der Waals surface area contributed by atoms with E-state index in [2.05, 4.69) is 15.9 Å². The molecule has 3 rings (SSSR count). The van der Waals surface area contributed by atoms with E-state index in [4.69, 9.17) is 0 Å². The Labute approximate surface area is 130 Å². The molecule has 1 heterocycles. The zero-order valence-corrected chi connectivity index (χ0v) is 12.7. The maximum atomic E-state index is 13.6. The van der Waals surface area contributed by atoms with E-state index in [9.17, 15) is 14.3 Å². The van der Waals surface area contributed by atoms with E-state index in [1.54, 1.807) is 18.2 Å². The summed E-state index contributed by atoms with van der Waals surface area (Å²) in [5.74, 6) is -0.715. The largest absolute Gasteiger partial charge is 0.506 e. The SMILES string of the molecule is O=C(c1cccc(F)c1Br)N1CCCc2cccc(O)c21. The average molecular weight is 350 g/mol. The number of carbonyl (C=O) groups excluding carboxylic acids is 1. The third-order valence-electron chi connectivity index (χ3n) is 3.62. The number of phenolic OH excluding ortho intramolecular Hbond substituents is 1. The van der Waals surface area contributed by atoms with E-state index in [0.717, 1.165) is 18.4 Å². The molecule has 0 spiro atoms. The summed E-state index contributed by atoms with van der Waals surface area (Å²) in [6.07, 6.45) is 1.63. The highest BCUT2D eigenvalue weighted by Crippen LogP contribution is 2.37. The minimum absolute atomic E-state index is 0.0769. The number of amides is 1. The standard InChI is InChI=1S/C16H13BrFNO2/c17-14-11(6-2-7-12(14)18)16(21)19-9-3-5-10-4-1-8-13(20)15(10)19/h1-2,4,6-8,20H,3,5,9H2.